The monoisotopic (exact) mass is 481 g/mol. The number of halogens is 1. The zero-order chi connectivity index (χ0) is 19.2. The molecule has 3 rings (SSSR count). The van der Waals surface area contributed by atoms with E-state index in [2.05, 4.69) is 34.7 Å². The lowest BCUT2D eigenvalue weighted by Crippen LogP contribution is -2.41. The molecule has 144 valence electrons. The number of rotatable bonds is 6. The molecule has 27 heavy (non-hydrogen) atoms. The number of amides is 1. The first-order chi connectivity index (χ1) is 13.1. The summed E-state index contributed by atoms with van der Waals surface area (Å²) in [5, 5.41) is 0. The van der Waals surface area contributed by atoms with Crippen LogP contribution in [0.5, 0.6) is 11.5 Å². The lowest BCUT2D eigenvalue weighted by Gasteiger charge is -2.32. The van der Waals surface area contributed by atoms with Crippen molar-refractivity contribution in [3.05, 3.63) is 57.2 Å². The van der Waals surface area contributed by atoms with Crippen LogP contribution in [0.15, 0.2) is 42.5 Å². The van der Waals surface area contributed by atoms with Gasteiger partial charge in [0.05, 0.1) is 32.5 Å². The fourth-order valence-electron chi connectivity index (χ4n) is 3.20. The van der Waals surface area contributed by atoms with Crippen LogP contribution in [-0.2, 0) is 11.3 Å². The maximum atomic E-state index is 13.0. The Morgan fingerprint density at radius 1 is 1.07 bits per heavy atom. The summed E-state index contributed by atoms with van der Waals surface area (Å²) in [5.41, 5.74) is 1.83. The van der Waals surface area contributed by atoms with Gasteiger partial charge in [0.1, 0.15) is 0 Å². The number of carbonyl (C=O) groups excluding carboxylic acids is 1. The summed E-state index contributed by atoms with van der Waals surface area (Å²) in [7, 11) is 3.17. The molecule has 0 aromatic heterocycles. The molecule has 0 saturated carbocycles. The Kier molecular flexibility index (Phi) is 6.95. The number of benzene rings is 2. The number of likely N-dealkylation sites (tertiary alicyclic amines) is 1. The van der Waals surface area contributed by atoms with Crippen molar-refractivity contribution in [2.45, 2.75) is 25.6 Å². The molecule has 1 amide bonds. The van der Waals surface area contributed by atoms with Crippen molar-refractivity contribution >= 4 is 28.5 Å². The lowest BCUT2D eigenvalue weighted by atomic mass is 10.1. The van der Waals surface area contributed by atoms with Gasteiger partial charge in [-0.1, -0.05) is 30.3 Å². The Balaban J connectivity index is 1.58. The first kappa shape index (κ1) is 19.9. The van der Waals surface area contributed by atoms with Gasteiger partial charge in [-0.15, -0.1) is 0 Å². The van der Waals surface area contributed by atoms with Gasteiger partial charge in [-0.25, -0.2) is 0 Å². The highest BCUT2D eigenvalue weighted by Crippen LogP contribution is 2.32. The fraction of sp³-hybridized carbons (Fsp3) is 0.381. The topological polar surface area (TPSA) is 48.0 Å². The van der Waals surface area contributed by atoms with E-state index in [0.29, 0.717) is 36.8 Å². The molecular weight excluding hydrogens is 457 g/mol. The first-order valence-corrected chi connectivity index (χ1v) is 10.1. The molecule has 6 heteroatoms. The van der Waals surface area contributed by atoms with Gasteiger partial charge in [-0.2, -0.15) is 0 Å². The molecule has 0 unspecified atom stereocenters. The van der Waals surface area contributed by atoms with E-state index in [9.17, 15) is 4.79 Å². The second-order valence-corrected chi connectivity index (χ2v) is 7.64. The van der Waals surface area contributed by atoms with E-state index in [1.165, 1.54) is 5.56 Å². The summed E-state index contributed by atoms with van der Waals surface area (Å²) >= 11 is 2.17. The number of hydrogen-bond acceptors (Lipinski definition) is 4. The quantitative estimate of drug-likeness (QED) is 0.583. The standard InChI is InChI=1S/C21H24INO4/c1-25-19-12-17(18(22)13-20(19)26-2)21(24)23-10-8-16(9-11-23)27-14-15-6-4-3-5-7-15/h3-7,12-13,16H,8-11,14H2,1-2H3. The van der Waals surface area contributed by atoms with Crippen molar-refractivity contribution in [2.75, 3.05) is 27.3 Å². The smallest absolute Gasteiger partial charge is 0.255 e. The van der Waals surface area contributed by atoms with Crippen LogP contribution in [0, 0.1) is 3.57 Å². The van der Waals surface area contributed by atoms with Gasteiger partial charge in [0.15, 0.2) is 11.5 Å². The third kappa shape index (κ3) is 4.93. The van der Waals surface area contributed by atoms with Crippen molar-refractivity contribution in [3.63, 3.8) is 0 Å². The number of piperidine rings is 1. The molecule has 0 atom stereocenters. The minimum atomic E-state index is 0.0295. The van der Waals surface area contributed by atoms with Crippen LogP contribution < -0.4 is 9.47 Å². The number of carbonyl (C=O) groups is 1. The Hall–Kier alpha value is -1.80. The van der Waals surface area contributed by atoms with Gasteiger partial charge in [0.2, 0.25) is 0 Å². The van der Waals surface area contributed by atoms with Crippen molar-refractivity contribution in [2.24, 2.45) is 0 Å². The SMILES string of the molecule is COc1cc(I)c(C(=O)N2CCC(OCc3ccccc3)CC2)cc1OC. The Labute approximate surface area is 173 Å². The summed E-state index contributed by atoms with van der Waals surface area (Å²) in [6.07, 6.45) is 1.89. The second-order valence-electron chi connectivity index (χ2n) is 6.48. The van der Waals surface area contributed by atoms with E-state index in [-0.39, 0.29) is 12.0 Å². The van der Waals surface area contributed by atoms with Gasteiger partial charge in [-0.3, -0.25) is 4.79 Å². The van der Waals surface area contributed by atoms with Gasteiger partial charge < -0.3 is 19.1 Å². The van der Waals surface area contributed by atoms with Crippen LogP contribution in [0.3, 0.4) is 0 Å². The van der Waals surface area contributed by atoms with Crippen molar-refractivity contribution in [3.8, 4) is 11.5 Å². The zero-order valence-corrected chi connectivity index (χ0v) is 17.8. The fourth-order valence-corrected chi connectivity index (χ4v) is 3.87. The molecule has 0 radical (unpaired) electrons. The molecule has 0 N–H and O–H groups in total. The number of nitrogens with zero attached hydrogens (tertiary/aromatic N) is 1. The maximum Gasteiger partial charge on any atom is 0.255 e. The van der Waals surface area contributed by atoms with Gasteiger partial charge in [0, 0.05) is 16.7 Å². The third-order valence-corrected chi connectivity index (χ3v) is 5.65. The van der Waals surface area contributed by atoms with E-state index in [1.807, 2.05) is 29.2 Å². The van der Waals surface area contributed by atoms with E-state index < -0.39 is 0 Å². The molecular formula is C21H24INO4. The molecule has 0 spiro atoms. The Morgan fingerprint density at radius 3 is 2.33 bits per heavy atom. The van der Waals surface area contributed by atoms with E-state index in [4.69, 9.17) is 14.2 Å². The van der Waals surface area contributed by atoms with Crippen LogP contribution in [0.1, 0.15) is 28.8 Å². The molecule has 0 aliphatic carbocycles. The predicted molar refractivity (Wildman–Crippen MR) is 112 cm³/mol. The van der Waals surface area contributed by atoms with Crippen molar-refractivity contribution in [1.29, 1.82) is 0 Å². The molecule has 0 bridgehead atoms. The molecule has 2 aromatic carbocycles. The largest absolute Gasteiger partial charge is 0.493 e. The molecule has 1 heterocycles. The van der Waals surface area contributed by atoms with Crippen LogP contribution in [0.4, 0.5) is 0 Å². The maximum absolute atomic E-state index is 13.0. The van der Waals surface area contributed by atoms with Crippen LogP contribution in [0.2, 0.25) is 0 Å². The molecule has 2 aromatic rings. The molecule has 1 aliphatic rings. The summed E-state index contributed by atoms with van der Waals surface area (Å²) in [6.45, 7) is 2.01. The van der Waals surface area contributed by atoms with E-state index in [0.717, 1.165) is 16.4 Å². The van der Waals surface area contributed by atoms with Crippen molar-refractivity contribution in [1.82, 2.24) is 4.90 Å². The normalized spacial score (nSPS) is 14.9. The Morgan fingerprint density at radius 2 is 1.70 bits per heavy atom. The van der Waals surface area contributed by atoms with E-state index >= 15 is 0 Å². The summed E-state index contributed by atoms with van der Waals surface area (Å²) in [5.74, 6) is 1.23. The van der Waals surface area contributed by atoms with Crippen LogP contribution >= 0.6 is 22.6 Å². The first-order valence-electron chi connectivity index (χ1n) is 8.98. The highest BCUT2D eigenvalue weighted by molar-refractivity contribution is 14.1. The summed E-state index contributed by atoms with van der Waals surface area (Å²) in [6, 6.07) is 13.8. The summed E-state index contributed by atoms with van der Waals surface area (Å²) in [4.78, 5) is 14.9. The van der Waals surface area contributed by atoms with Crippen LogP contribution in [-0.4, -0.2) is 44.2 Å². The summed E-state index contributed by atoms with van der Waals surface area (Å²) < 4.78 is 17.5. The minimum absolute atomic E-state index is 0.0295. The highest BCUT2D eigenvalue weighted by Gasteiger charge is 2.26. The zero-order valence-electron chi connectivity index (χ0n) is 15.6. The number of hydrogen-bond donors (Lipinski definition) is 0. The predicted octanol–water partition coefficient (Wildman–Crippen LogP) is 4.13. The minimum Gasteiger partial charge on any atom is -0.493 e. The number of ether oxygens (including phenoxy) is 3. The van der Waals surface area contributed by atoms with Gasteiger partial charge in [0.25, 0.3) is 5.91 Å². The van der Waals surface area contributed by atoms with E-state index in [1.54, 1.807) is 20.3 Å². The second kappa shape index (κ2) is 9.41. The third-order valence-electron chi connectivity index (χ3n) is 4.76. The number of methoxy groups -OCH3 is 2. The van der Waals surface area contributed by atoms with Gasteiger partial charge >= 0.3 is 0 Å². The molecule has 1 aliphatic heterocycles. The van der Waals surface area contributed by atoms with Crippen LogP contribution in [0.25, 0.3) is 0 Å². The van der Waals surface area contributed by atoms with Gasteiger partial charge in [-0.05, 0) is 53.1 Å². The average Bonchev–Trinajstić information content (AvgIpc) is 2.72. The van der Waals surface area contributed by atoms with Crippen molar-refractivity contribution < 1.29 is 19.0 Å². The Bertz CT molecular complexity index is 773. The lowest BCUT2D eigenvalue weighted by molar-refractivity contribution is -0.000410. The molecule has 5 nitrogen and oxygen atoms in total. The molecule has 1 fully saturated rings. The molecule has 1 saturated heterocycles. The average molecular weight is 481 g/mol. The highest BCUT2D eigenvalue weighted by atomic mass is 127.